The van der Waals surface area contributed by atoms with Crippen LogP contribution in [0.15, 0.2) is 89.0 Å². The van der Waals surface area contributed by atoms with Crippen LogP contribution in [0.3, 0.4) is 0 Å². The van der Waals surface area contributed by atoms with E-state index in [1.807, 2.05) is 6.07 Å². The minimum atomic E-state index is -0.125. The molecule has 6 rings (SSSR count). The van der Waals surface area contributed by atoms with Crippen molar-refractivity contribution in [2.75, 3.05) is 0 Å². The molecule has 0 saturated heterocycles. The first-order valence-corrected chi connectivity index (χ1v) is 15.0. The zero-order valence-corrected chi connectivity index (χ0v) is 28.7. The second-order valence-corrected chi connectivity index (χ2v) is 12.3. The minimum absolute atomic E-state index is 0. The third-order valence-corrected chi connectivity index (χ3v) is 7.51. The van der Waals surface area contributed by atoms with Gasteiger partial charge in [0.05, 0.1) is 11.3 Å². The number of benzene rings is 4. The molecule has 44 heavy (non-hydrogen) atoms. The van der Waals surface area contributed by atoms with Crippen LogP contribution < -0.4 is 4.57 Å². The quantitative estimate of drug-likeness (QED) is 0.0605. The SMILES string of the molecule is CC(=O)/C=C(/C)O.[CH2-][n+]1c(-c2[c-]c(CC(C)C)cc3c2oc2ccccc23)cc(CC(C)C)c2c3ccccc3ccc21.[Ir]. The number of rotatable bonds is 6. The van der Waals surface area contributed by atoms with Gasteiger partial charge in [0.1, 0.15) is 16.8 Å². The summed E-state index contributed by atoms with van der Waals surface area (Å²) in [4.78, 5) is 10.0. The van der Waals surface area contributed by atoms with Gasteiger partial charge in [-0.05, 0) is 78.6 Å². The second-order valence-electron chi connectivity index (χ2n) is 12.3. The van der Waals surface area contributed by atoms with Crippen molar-refractivity contribution in [2.45, 2.75) is 54.4 Å². The number of aliphatic hydroxyl groups excluding tert-OH is 1. The van der Waals surface area contributed by atoms with Gasteiger partial charge in [0.2, 0.25) is 0 Å². The van der Waals surface area contributed by atoms with Crippen LogP contribution in [0.25, 0.3) is 54.9 Å². The second kappa shape index (κ2) is 13.8. The largest absolute Gasteiger partial charge is 0.512 e. The molecule has 0 spiro atoms. The number of carbonyl (C=O) groups is 1. The topological polar surface area (TPSA) is 54.3 Å². The van der Waals surface area contributed by atoms with Gasteiger partial charge in [-0.2, -0.15) is 0 Å². The molecule has 0 fully saturated rings. The summed E-state index contributed by atoms with van der Waals surface area (Å²) in [7, 11) is 4.56. The van der Waals surface area contributed by atoms with Crippen molar-refractivity contribution < 1.29 is 39.0 Å². The third-order valence-electron chi connectivity index (χ3n) is 7.51. The molecule has 4 nitrogen and oxygen atoms in total. The Morgan fingerprint density at radius 2 is 1.57 bits per heavy atom. The van der Waals surface area contributed by atoms with Crippen LogP contribution in [0.4, 0.5) is 0 Å². The first-order chi connectivity index (χ1) is 20.5. The number of aliphatic hydroxyl groups is 1. The van der Waals surface area contributed by atoms with Crippen molar-refractivity contribution >= 4 is 49.4 Å². The standard InChI is InChI=1S/C34H32NO.C5H8O2.Ir/c1-21(2)16-23-18-28-27-12-8-9-13-32(27)36-34(28)29(19-23)31-20-25(17-22(3)4)33-26-11-7-6-10-24(26)14-15-30(33)35(31)5;1-4(6)3-5(2)7;/h6-15,18,20-22H,5,16-17H2,1-4H3;3,6H,1-2H3;/q-1;;/b;4-3-;. The molecule has 4 aromatic carbocycles. The number of pyridine rings is 1. The predicted molar refractivity (Wildman–Crippen MR) is 178 cm³/mol. The molecule has 2 aromatic heterocycles. The molecule has 5 heteroatoms. The van der Waals surface area contributed by atoms with Crippen molar-refractivity contribution in [1.82, 2.24) is 0 Å². The number of allylic oxidation sites excluding steroid dienone is 2. The van der Waals surface area contributed by atoms with Gasteiger partial charge < -0.3 is 14.1 Å². The monoisotopic (exact) mass is 763 g/mol. The average Bonchev–Trinajstić information content (AvgIpc) is 3.31. The fraction of sp³-hybridized carbons (Fsp3) is 0.256. The van der Waals surface area contributed by atoms with Crippen molar-refractivity contribution in [3.63, 3.8) is 0 Å². The van der Waals surface area contributed by atoms with E-state index < -0.39 is 0 Å². The zero-order valence-electron chi connectivity index (χ0n) is 26.3. The molecule has 0 aliphatic rings. The third kappa shape index (κ3) is 6.90. The van der Waals surface area contributed by atoms with Gasteiger partial charge in [0.25, 0.3) is 0 Å². The number of hydrogen-bond acceptors (Lipinski definition) is 3. The van der Waals surface area contributed by atoms with Gasteiger partial charge in [-0.25, -0.2) is 0 Å². The van der Waals surface area contributed by atoms with Crippen LogP contribution in [0.5, 0.6) is 0 Å². The average molecular weight is 763 g/mol. The van der Waals surface area contributed by atoms with E-state index in [0.29, 0.717) is 11.8 Å². The van der Waals surface area contributed by atoms with E-state index in [9.17, 15) is 4.79 Å². The summed E-state index contributed by atoms with van der Waals surface area (Å²) in [6.45, 7) is 11.9. The number of ketones is 1. The summed E-state index contributed by atoms with van der Waals surface area (Å²) >= 11 is 0. The Morgan fingerprint density at radius 3 is 2.20 bits per heavy atom. The molecule has 0 aliphatic carbocycles. The zero-order chi connectivity index (χ0) is 30.8. The van der Waals surface area contributed by atoms with Gasteiger partial charge in [0.15, 0.2) is 5.78 Å². The smallest absolute Gasteiger partial charge is 0.155 e. The van der Waals surface area contributed by atoms with Crippen molar-refractivity contribution in [2.24, 2.45) is 11.8 Å². The van der Waals surface area contributed by atoms with Gasteiger partial charge in [-0.3, -0.25) is 4.79 Å². The van der Waals surface area contributed by atoms with Crippen LogP contribution >= 0.6 is 0 Å². The number of para-hydroxylation sites is 1. The molecule has 0 amide bonds. The van der Waals surface area contributed by atoms with E-state index in [1.54, 1.807) is 0 Å². The molecule has 2 heterocycles. The molecule has 0 unspecified atom stereocenters. The van der Waals surface area contributed by atoms with Crippen molar-refractivity contribution in [3.8, 4) is 11.3 Å². The number of furan rings is 1. The molecule has 1 radical (unpaired) electrons. The maximum Gasteiger partial charge on any atom is 0.155 e. The number of aromatic nitrogens is 1. The van der Waals surface area contributed by atoms with Crippen LogP contribution in [0, 0.1) is 24.9 Å². The van der Waals surface area contributed by atoms with Gasteiger partial charge in [-0.15, -0.1) is 17.7 Å². The van der Waals surface area contributed by atoms with Gasteiger partial charge in [-0.1, -0.05) is 81.6 Å². The van der Waals surface area contributed by atoms with E-state index in [4.69, 9.17) is 9.52 Å². The Bertz CT molecular complexity index is 1990. The van der Waals surface area contributed by atoms with Crippen molar-refractivity contribution in [1.29, 1.82) is 0 Å². The van der Waals surface area contributed by atoms with E-state index in [-0.39, 0.29) is 31.6 Å². The summed E-state index contributed by atoms with van der Waals surface area (Å²) in [5.74, 6) is 1.01. The van der Waals surface area contributed by atoms with Crippen LogP contribution in [-0.4, -0.2) is 10.9 Å². The molecule has 0 aliphatic heterocycles. The maximum atomic E-state index is 10.0. The Morgan fingerprint density at radius 1 is 0.909 bits per heavy atom. The first kappa shape index (κ1) is 33.0. The molecular formula is C39H40IrNO3-. The first-order valence-electron chi connectivity index (χ1n) is 15.0. The summed E-state index contributed by atoms with van der Waals surface area (Å²) in [5.41, 5.74) is 7.53. The molecule has 229 valence electrons. The van der Waals surface area contributed by atoms with E-state index >= 15 is 0 Å². The Labute approximate surface area is 273 Å². The molecule has 0 bridgehead atoms. The number of hydrogen-bond donors (Lipinski definition) is 1. The van der Waals surface area contributed by atoms with Gasteiger partial charge in [0, 0.05) is 44.0 Å². The number of carbonyl (C=O) groups excluding carboxylic acids is 1. The number of nitrogens with zero attached hydrogens (tertiary/aromatic N) is 1. The Balaban J connectivity index is 0.000000497. The van der Waals surface area contributed by atoms with E-state index in [2.05, 4.69) is 112 Å². The van der Waals surface area contributed by atoms with E-state index in [1.165, 1.54) is 47.2 Å². The molecule has 1 N–H and O–H groups in total. The predicted octanol–water partition coefficient (Wildman–Crippen LogP) is 9.72. The van der Waals surface area contributed by atoms with Crippen LogP contribution in [-0.2, 0) is 37.7 Å². The molecular weight excluding hydrogens is 723 g/mol. The summed E-state index contributed by atoms with van der Waals surface area (Å²) in [6, 6.07) is 29.8. The normalized spacial score (nSPS) is 11.8. The van der Waals surface area contributed by atoms with Gasteiger partial charge >= 0.3 is 0 Å². The Kier molecular flexibility index (Phi) is 10.3. The fourth-order valence-corrected chi connectivity index (χ4v) is 5.92. The van der Waals surface area contributed by atoms with Crippen LogP contribution in [0.1, 0.15) is 52.7 Å². The fourth-order valence-electron chi connectivity index (χ4n) is 5.92. The molecule has 6 aromatic rings. The summed E-state index contributed by atoms with van der Waals surface area (Å²) in [5, 5.41) is 14.5. The van der Waals surface area contributed by atoms with E-state index in [0.717, 1.165) is 51.6 Å². The van der Waals surface area contributed by atoms with Crippen LogP contribution in [0.2, 0.25) is 0 Å². The molecule has 0 saturated carbocycles. The number of fused-ring (bicyclic) bond motifs is 6. The summed E-state index contributed by atoms with van der Waals surface area (Å²) in [6.07, 6.45) is 3.13. The molecule has 0 atom stereocenters. The van der Waals surface area contributed by atoms with Crippen molar-refractivity contribution in [3.05, 3.63) is 109 Å². The maximum absolute atomic E-state index is 10.0. The summed E-state index contributed by atoms with van der Waals surface area (Å²) < 4.78 is 8.57. The Hall–Kier alpha value is -3.92. The minimum Gasteiger partial charge on any atom is -0.512 e.